The van der Waals surface area contributed by atoms with Gasteiger partial charge in [0.25, 0.3) is 11.8 Å². The fourth-order valence-electron chi connectivity index (χ4n) is 7.13. The van der Waals surface area contributed by atoms with E-state index < -0.39 is 76.1 Å². The molecule has 0 spiro atoms. The third-order valence-corrected chi connectivity index (χ3v) is 10.6. The Morgan fingerprint density at radius 2 is 0.969 bits per heavy atom. The van der Waals surface area contributed by atoms with Crippen molar-refractivity contribution >= 4 is 46.2 Å². The zero-order valence-corrected chi connectivity index (χ0v) is 41.9. The molecule has 4 atom stereocenters. The summed E-state index contributed by atoms with van der Waals surface area (Å²) in [4.78, 5) is 85.4. The fourth-order valence-corrected chi connectivity index (χ4v) is 7.52. The molecule has 6 N–H and O–H groups in total. The highest BCUT2D eigenvalue weighted by Crippen LogP contribution is 2.31. The van der Waals surface area contributed by atoms with Crippen molar-refractivity contribution in [1.29, 1.82) is 0 Å². The summed E-state index contributed by atoms with van der Waals surface area (Å²) in [6, 6.07) is -2.90. The summed E-state index contributed by atoms with van der Waals surface area (Å²) in [5, 5.41) is 0.532. The summed E-state index contributed by atoms with van der Waals surface area (Å²) in [5.41, 5.74) is 3.02. The zero-order chi connectivity index (χ0) is 48.7. The largest absolute Gasteiger partial charge is 0.458 e. The van der Waals surface area contributed by atoms with Crippen molar-refractivity contribution < 1.29 is 65.2 Å². The maximum atomic E-state index is 12.2. The molecule has 4 fully saturated rings. The molecule has 0 aromatic heterocycles. The molecule has 0 aromatic carbocycles. The van der Waals surface area contributed by atoms with Crippen LogP contribution in [0.5, 0.6) is 0 Å². The van der Waals surface area contributed by atoms with Crippen LogP contribution in [-0.2, 0) is 53.0 Å². The van der Waals surface area contributed by atoms with Gasteiger partial charge in [0, 0.05) is 20.1 Å². The first-order valence-electron chi connectivity index (χ1n) is 23.0. The number of amides is 6. The first kappa shape index (κ1) is 61.2. The summed E-state index contributed by atoms with van der Waals surface area (Å²) < 4.78 is 44.7. The first-order chi connectivity index (χ1) is 29.9. The summed E-state index contributed by atoms with van der Waals surface area (Å²) in [6.45, 7) is 19.0. The van der Waals surface area contributed by atoms with Crippen molar-refractivity contribution in [1.82, 2.24) is 36.9 Å². The van der Waals surface area contributed by atoms with E-state index in [2.05, 4.69) is 42.9 Å². The topological polar surface area (TPSA) is 275 Å². The molecule has 4 heterocycles. The van der Waals surface area contributed by atoms with E-state index in [1.54, 1.807) is 58.4 Å². The second-order valence-corrected chi connectivity index (χ2v) is 19.3. The van der Waals surface area contributed by atoms with Crippen LogP contribution in [0.4, 0.5) is 9.59 Å². The molecule has 4 aliphatic rings. The van der Waals surface area contributed by atoms with Gasteiger partial charge in [-0.2, -0.15) is 13.5 Å². The van der Waals surface area contributed by atoms with Gasteiger partial charge >= 0.3 is 34.4 Å². The van der Waals surface area contributed by atoms with Crippen molar-refractivity contribution in [3.05, 3.63) is 0 Å². The number of urea groups is 2. The van der Waals surface area contributed by atoms with Gasteiger partial charge in [0.05, 0.1) is 12.1 Å². The Labute approximate surface area is 388 Å². The summed E-state index contributed by atoms with van der Waals surface area (Å²) >= 11 is 0. The number of likely N-dealkylation sites (N-methyl/N-ethyl adjacent to an activating group) is 1. The Morgan fingerprint density at radius 1 is 0.615 bits per heavy atom. The number of nitrogens with zero attached hydrogens (tertiary/aromatic N) is 4. The van der Waals surface area contributed by atoms with Gasteiger partial charge in [-0.15, -0.1) is 4.28 Å². The quantitative estimate of drug-likeness (QED) is 0.0436. The first-order valence-corrected chi connectivity index (χ1v) is 24.3. The molecule has 380 valence electrons. The van der Waals surface area contributed by atoms with Crippen LogP contribution in [0, 0.1) is 0 Å². The molecule has 4 rings (SSSR count). The van der Waals surface area contributed by atoms with Gasteiger partial charge < -0.3 is 30.3 Å². The lowest BCUT2D eigenvalue weighted by molar-refractivity contribution is -0.166. The normalized spacial score (nSPS) is 19.9. The van der Waals surface area contributed by atoms with Gasteiger partial charge in [-0.3, -0.25) is 23.8 Å². The Kier molecular flexibility index (Phi) is 28.7. The van der Waals surface area contributed by atoms with Crippen LogP contribution in [0.1, 0.15) is 172 Å². The van der Waals surface area contributed by atoms with E-state index in [1.807, 2.05) is 0 Å². The van der Waals surface area contributed by atoms with E-state index in [9.17, 15) is 37.2 Å². The highest BCUT2D eigenvalue weighted by Gasteiger charge is 2.49. The van der Waals surface area contributed by atoms with Crippen LogP contribution in [-0.4, -0.2) is 137 Å². The number of ether oxygens (including phenoxy) is 2. The second kappa shape index (κ2) is 30.5. The number of hydroxylamine groups is 4. The molecule has 21 nitrogen and oxygen atoms in total. The number of carbonyl (C=O) groups excluding carboxylic acids is 6. The molecule has 0 unspecified atom stereocenters. The molecular weight excluding hydrogens is 871 g/mol. The average molecular weight is 954 g/mol. The zero-order valence-electron chi connectivity index (χ0n) is 41.1. The number of hydrogen-bond donors (Lipinski definition) is 4. The molecule has 65 heavy (non-hydrogen) atoms. The third kappa shape index (κ3) is 24.5. The SMILES string of the molecule is CC(C)(C)OC(=O)CONC(=O)[C@@H]1CC[C@@H]2CN1C(=O)N2OS(=O)(=O)O.CCCCCCCC.CCCCCCCC.CN1C(=O)N2C[C@H]1CC[C@H]2C(=O)NOCC(=O)OC(C)(C)C.N. The number of unbranched alkanes of at least 4 members (excludes halogenated alkanes) is 10. The van der Waals surface area contributed by atoms with E-state index in [0.29, 0.717) is 18.0 Å². The van der Waals surface area contributed by atoms with Crippen LogP contribution >= 0.6 is 0 Å². The van der Waals surface area contributed by atoms with Crippen molar-refractivity contribution in [2.24, 2.45) is 0 Å². The Morgan fingerprint density at radius 3 is 1.32 bits per heavy atom. The number of fused-ring (bicyclic) bond motifs is 4. The number of carbonyl (C=O) groups is 6. The lowest BCUT2D eigenvalue weighted by Crippen LogP contribution is -2.50. The number of esters is 2. The maximum Gasteiger partial charge on any atom is 0.418 e. The fraction of sp³-hybridized carbons (Fsp3) is 0.860. The van der Waals surface area contributed by atoms with Crippen LogP contribution in [0.25, 0.3) is 0 Å². The number of piperidine rings is 2. The minimum atomic E-state index is -4.85. The van der Waals surface area contributed by atoms with E-state index in [1.165, 1.54) is 77.0 Å². The maximum absolute atomic E-state index is 12.2. The molecule has 4 saturated heterocycles. The van der Waals surface area contributed by atoms with Crippen molar-refractivity contribution in [2.75, 3.05) is 33.4 Å². The van der Waals surface area contributed by atoms with E-state index in [4.69, 9.17) is 23.7 Å². The van der Waals surface area contributed by atoms with Gasteiger partial charge in [-0.1, -0.05) is 105 Å². The highest BCUT2D eigenvalue weighted by atomic mass is 32.3. The Hall–Kier alpha value is -3.83. The smallest absolute Gasteiger partial charge is 0.418 e. The van der Waals surface area contributed by atoms with Crippen LogP contribution in [0.15, 0.2) is 0 Å². The minimum Gasteiger partial charge on any atom is -0.458 e. The molecular formula is C43H83N7O14S. The third-order valence-electron chi connectivity index (χ3n) is 10.2. The second-order valence-electron chi connectivity index (χ2n) is 18.3. The molecule has 6 amide bonds. The molecule has 0 saturated carbocycles. The van der Waals surface area contributed by atoms with Crippen LogP contribution < -0.4 is 17.1 Å². The van der Waals surface area contributed by atoms with Gasteiger partial charge in [0.15, 0.2) is 13.2 Å². The van der Waals surface area contributed by atoms with Crippen molar-refractivity contribution in [3.63, 3.8) is 0 Å². The van der Waals surface area contributed by atoms with Crippen LogP contribution in [0.3, 0.4) is 0 Å². The predicted molar refractivity (Wildman–Crippen MR) is 243 cm³/mol. The van der Waals surface area contributed by atoms with E-state index >= 15 is 0 Å². The summed E-state index contributed by atoms with van der Waals surface area (Å²) in [6.07, 6.45) is 18.8. The molecule has 0 aliphatic carbocycles. The van der Waals surface area contributed by atoms with Gasteiger partial charge in [0.1, 0.15) is 23.3 Å². The van der Waals surface area contributed by atoms with Crippen molar-refractivity contribution in [3.8, 4) is 0 Å². The Balaban J connectivity index is 0.000000943. The Bertz CT molecular complexity index is 1550. The monoisotopic (exact) mass is 954 g/mol. The minimum absolute atomic E-state index is 0. The standard InChI is InChI=1S/C14H23N3O5.C13H21N3O9S.2C8H18.H3N/c1-14(2,3)22-11(18)8-21-15-12(19)10-6-5-9-7-17(10)13(20)16(9)4;1-13(2,3)24-10(17)7-23-14-11(18)9-5-4-8-6-15(9)12(19)16(8)25-26(20,21)22;2*1-3-5-7-8-6-4-2;/h9-10H,5-8H2,1-4H3,(H,15,19);8-9H,4-7H2,1-3H3,(H,14,18)(H,20,21,22);2*3-8H2,1-2H3;1H3/t9-,10+;8-,9+;;;/m11.../s1. The van der Waals surface area contributed by atoms with Gasteiger partial charge in [-0.25, -0.2) is 30.1 Å². The average Bonchev–Trinajstić information content (AvgIpc) is 3.55. The van der Waals surface area contributed by atoms with E-state index in [0.717, 1.165) is 11.3 Å². The molecule has 0 radical (unpaired) electrons. The molecule has 22 heteroatoms. The van der Waals surface area contributed by atoms with Gasteiger partial charge in [0.2, 0.25) is 0 Å². The molecule has 4 bridgehead atoms. The lowest BCUT2D eigenvalue weighted by atomic mass is 10.0. The number of nitrogens with one attached hydrogen (secondary N) is 2. The summed E-state index contributed by atoms with van der Waals surface area (Å²) in [5.74, 6) is -2.32. The number of rotatable bonds is 20. The number of hydrogen-bond acceptors (Lipinski definition) is 14. The lowest BCUT2D eigenvalue weighted by Gasteiger charge is -2.29. The van der Waals surface area contributed by atoms with Crippen LogP contribution in [0.2, 0.25) is 0 Å². The highest BCUT2D eigenvalue weighted by molar-refractivity contribution is 7.80. The molecule has 4 aliphatic heterocycles. The molecule has 0 aromatic rings. The van der Waals surface area contributed by atoms with Crippen molar-refractivity contribution in [2.45, 2.75) is 207 Å². The van der Waals surface area contributed by atoms with Gasteiger partial charge in [-0.05, 0) is 67.2 Å². The summed E-state index contributed by atoms with van der Waals surface area (Å²) in [7, 11) is -3.11. The van der Waals surface area contributed by atoms with E-state index in [-0.39, 0.29) is 44.2 Å². The predicted octanol–water partition coefficient (Wildman–Crippen LogP) is 6.55.